The summed E-state index contributed by atoms with van der Waals surface area (Å²) in [6.07, 6.45) is -4.44. The molecule has 148 valence electrons. The summed E-state index contributed by atoms with van der Waals surface area (Å²) in [4.78, 5) is 30.9. The Bertz CT molecular complexity index is 840. The van der Waals surface area contributed by atoms with Crippen LogP contribution in [-0.2, 0) is 33.8 Å². The molecule has 2 aromatic rings. The van der Waals surface area contributed by atoms with Gasteiger partial charge in [0.1, 0.15) is 0 Å². The van der Waals surface area contributed by atoms with Crippen LogP contribution >= 0.6 is 0 Å². The zero-order chi connectivity index (χ0) is 20.1. The fourth-order valence-electron chi connectivity index (χ4n) is 3.02. The lowest BCUT2D eigenvalue weighted by molar-refractivity contribution is -0.139. The highest BCUT2D eigenvalue weighted by Gasteiger charge is 2.35. The van der Waals surface area contributed by atoms with Crippen LogP contribution in [0.5, 0.6) is 0 Å². The highest BCUT2D eigenvalue weighted by atomic mass is 19.4. The van der Waals surface area contributed by atoms with E-state index in [2.05, 4.69) is 5.48 Å². The molecule has 1 fully saturated rings. The van der Waals surface area contributed by atoms with Gasteiger partial charge in [-0.15, -0.1) is 0 Å². The van der Waals surface area contributed by atoms with Crippen LogP contribution in [0.15, 0.2) is 54.6 Å². The molecule has 1 heterocycles. The maximum atomic E-state index is 12.8. The van der Waals surface area contributed by atoms with E-state index in [1.165, 1.54) is 17.0 Å². The smallest absolute Gasteiger partial charge is 0.338 e. The molecule has 3 rings (SSSR count). The Kier molecular flexibility index (Phi) is 5.99. The van der Waals surface area contributed by atoms with Gasteiger partial charge >= 0.3 is 6.18 Å². The van der Waals surface area contributed by atoms with Crippen molar-refractivity contribution in [2.45, 2.75) is 25.7 Å². The fraction of sp³-hybridized carbons (Fsp3) is 0.300. The molecule has 0 aromatic heterocycles. The number of halogens is 3. The van der Waals surface area contributed by atoms with Crippen LogP contribution in [0.3, 0.4) is 0 Å². The van der Waals surface area contributed by atoms with Crippen molar-refractivity contribution in [3.63, 3.8) is 0 Å². The molecular formula is C20H19F3N2O3. The number of rotatable bonds is 6. The Morgan fingerprint density at radius 3 is 2.54 bits per heavy atom. The van der Waals surface area contributed by atoms with Crippen molar-refractivity contribution in [2.75, 3.05) is 6.54 Å². The highest BCUT2D eigenvalue weighted by Crippen LogP contribution is 2.30. The van der Waals surface area contributed by atoms with E-state index in [1.807, 2.05) is 30.3 Å². The van der Waals surface area contributed by atoms with E-state index in [9.17, 15) is 22.8 Å². The number of alkyl halides is 3. The second kappa shape index (κ2) is 8.43. The van der Waals surface area contributed by atoms with E-state index in [0.717, 1.165) is 17.7 Å². The molecule has 1 N–H and O–H groups in total. The summed E-state index contributed by atoms with van der Waals surface area (Å²) in [6, 6.07) is 14.1. The van der Waals surface area contributed by atoms with Crippen molar-refractivity contribution in [1.29, 1.82) is 0 Å². The van der Waals surface area contributed by atoms with Gasteiger partial charge in [0.2, 0.25) is 11.8 Å². The molecule has 2 amide bonds. The Hall–Kier alpha value is -2.87. The number of likely N-dealkylation sites (tertiary alicyclic amines) is 1. The largest absolute Gasteiger partial charge is 0.416 e. The van der Waals surface area contributed by atoms with Gasteiger partial charge in [0.25, 0.3) is 0 Å². The minimum absolute atomic E-state index is 0.000504. The lowest BCUT2D eigenvalue weighted by Gasteiger charge is -2.17. The maximum Gasteiger partial charge on any atom is 0.416 e. The molecule has 1 aliphatic heterocycles. The average Bonchev–Trinajstić information content (AvgIpc) is 3.03. The number of nitrogens with one attached hydrogen (secondary N) is 1. The highest BCUT2D eigenvalue weighted by molar-refractivity contribution is 5.88. The molecule has 0 spiro atoms. The molecule has 1 atom stereocenters. The first kappa shape index (κ1) is 19.9. The van der Waals surface area contributed by atoms with Gasteiger partial charge < -0.3 is 4.90 Å². The number of amides is 2. The van der Waals surface area contributed by atoms with Crippen LogP contribution in [0.1, 0.15) is 23.1 Å². The molecule has 2 aromatic carbocycles. The second-order valence-electron chi connectivity index (χ2n) is 6.61. The molecule has 0 aliphatic carbocycles. The van der Waals surface area contributed by atoms with E-state index < -0.39 is 23.6 Å². The van der Waals surface area contributed by atoms with Gasteiger partial charge in [-0.2, -0.15) is 13.2 Å². The fourth-order valence-corrected chi connectivity index (χ4v) is 3.02. The Morgan fingerprint density at radius 1 is 1.11 bits per heavy atom. The predicted octanol–water partition coefficient (Wildman–Crippen LogP) is 3.30. The van der Waals surface area contributed by atoms with Crippen LogP contribution in [-0.4, -0.2) is 23.3 Å². The van der Waals surface area contributed by atoms with E-state index in [0.29, 0.717) is 5.56 Å². The van der Waals surface area contributed by atoms with Gasteiger partial charge in [-0.1, -0.05) is 42.5 Å². The predicted molar refractivity (Wildman–Crippen MR) is 94.3 cm³/mol. The molecule has 0 radical (unpaired) electrons. The summed E-state index contributed by atoms with van der Waals surface area (Å²) < 4.78 is 38.5. The molecule has 1 saturated heterocycles. The van der Waals surface area contributed by atoms with Gasteiger partial charge in [0, 0.05) is 19.5 Å². The van der Waals surface area contributed by atoms with E-state index in [4.69, 9.17) is 4.84 Å². The summed E-state index contributed by atoms with van der Waals surface area (Å²) >= 11 is 0. The first-order valence-corrected chi connectivity index (χ1v) is 8.72. The van der Waals surface area contributed by atoms with Crippen LogP contribution < -0.4 is 5.48 Å². The van der Waals surface area contributed by atoms with Gasteiger partial charge in [-0.25, -0.2) is 5.48 Å². The molecule has 0 saturated carbocycles. The summed E-state index contributed by atoms with van der Waals surface area (Å²) in [6.45, 7) is 0.355. The summed E-state index contributed by atoms with van der Waals surface area (Å²) in [5.41, 5.74) is 2.83. The quantitative estimate of drug-likeness (QED) is 0.768. The van der Waals surface area contributed by atoms with Crippen molar-refractivity contribution in [1.82, 2.24) is 10.4 Å². The lowest BCUT2D eigenvalue weighted by Crippen LogP contribution is -2.32. The normalized spacial score (nSPS) is 17.0. The zero-order valence-electron chi connectivity index (χ0n) is 14.9. The summed E-state index contributed by atoms with van der Waals surface area (Å²) in [5.74, 6) is -1.30. The molecule has 5 nitrogen and oxygen atoms in total. The number of nitrogens with zero attached hydrogens (tertiary/aromatic N) is 1. The number of hydrogen-bond acceptors (Lipinski definition) is 3. The number of hydrogen-bond donors (Lipinski definition) is 1. The first-order valence-electron chi connectivity index (χ1n) is 8.72. The van der Waals surface area contributed by atoms with Crippen molar-refractivity contribution < 1.29 is 27.6 Å². The zero-order valence-corrected chi connectivity index (χ0v) is 14.9. The standard InChI is InChI=1S/C20H19F3N2O3/c21-20(22,23)17-8-4-7-15(9-17)11-25-12-16(10-18(25)26)19(27)24-28-13-14-5-2-1-3-6-14/h1-9,16H,10-13H2,(H,24,27). The minimum atomic E-state index is -4.44. The molecule has 1 unspecified atom stereocenters. The van der Waals surface area contributed by atoms with Crippen molar-refractivity contribution in [3.8, 4) is 0 Å². The minimum Gasteiger partial charge on any atom is -0.338 e. The topological polar surface area (TPSA) is 58.6 Å². The Labute approximate surface area is 160 Å². The van der Waals surface area contributed by atoms with Gasteiger partial charge in [-0.3, -0.25) is 14.4 Å². The van der Waals surface area contributed by atoms with E-state index in [1.54, 1.807) is 0 Å². The first-order chi connectivity index (χ1) is 13.3. The third kappa shape index (κ3) is 5.10. The van der Waals surface area contributed by atoms with Crippen molar-refractivity contribution in [3.05, 3.63) is 71.3 Å². The molecule has 8 heteroatoms. The lowest BCUT2D eigenvalue weighted by atomic mass is 10.1. The average molecular weight is 392 g/mol. The van der Waals surface area contributed by atoms with E-state index >= 15 is 0 Å². The molecule has 1 aliphatic rings. The number of carbonyl (C=O) groups is 2. The van der Waals surface area contributed by atoms with Crippen LogP contribution in [0.25, 0.3) is 0 Å². The Morgan fingerprint density at radius 2 is 1.82 bits per heavy atom. The molecule has 0 bridgehead atoms. The number of benzene rings is 2. The third-order valence-electron chi connectivity index (χ3n) is 4.47. The van der Waals surface area contributed by atoms with Crippen LogP contribution in [0.4, 0.5) is 13.2 Å². The van der Waals surface area contributed by atoms with Crippen molar-refractivity contribution >= 4 is 11.8 Å². The second-order valence-corrected chi connectivity index (χ2v) is 6.61. The van der Waals surface area contributed by atoms with Crippen molar-refractivity contribution in [2.24, 2.45) is 5.92 Å². The maximum absolute atomic E-state index is 12.8. The van der Waals surface area contributed by atoms with Gasteiger partial charge in [0.05, 0.1) is 18.1 Å². The summed E-state index contributed by atoms with van der Waals surface area (Å²) in [7, 11) is 0. The summed E-state index contributed by atoms with van der Waals surface area (Å²) in [5, 5.41) is 0. The number of carbonyl (C=O) groups excluding carboxylic acids is 2. The molecule has 28 heavy (non-hydrogen) atoms. The van der Waals surface area contributed by atoms with Crippen LogP contribution in [0.2, 0.25) is 0 Å². The van der Waals surface area contributed by atoms with Crippen LogP contribution in [0, 0.1) is 5.92 Å². The van der Waals surface area contributed by atoms with Gasteiger partial charge in [0.15, 0.2) is 0 Å². The third-order valence-corrected chi connectivity index (χ3v) is 4.47. The van der Waals surface area contributed by atoms with E-state index in [-0.39, 0.29) is 32.0 Å². The van der Waals surface area contributed by atoms with Gasteiger partial charge in [-0.05, 0) is 23.3 Å². The monoisotopic (exact) mass is 392 g/mol. The number of hydroxylamine groups is 1. The Balaban J connectivity index is 1.52. The molecular weight excluding hydrogens is 373 g/mol. The SMILES string of the molecule is O=C(NOCc1ccccc1)C1CC(=O)N(Cc2cccc(C(F)(F)F)c2)C1.